The maximum Gasteiger partial charge on any atom is 0.166 e. The van der Waals surface area contributed by atoms with Crippen molar-refractivity contribution >= 4 is 38.7 Å². The van der Waals surface area contributed by atoms with Gasteiger partial charge in [0.15, 0.2) is 5.82 Å². The quantitative estimate of drug-likeness (QED) is 0.651. The van der Waals surface area contributed by atoms with Gasteiger partial charge in [0.25, 0.3) is 0 Å². The van der Waals surface area contributed by atoms with Crippen LogP contribution >= 0.6 is 22.9 Å². The van der Waals surface area contributed by atoms with Gasteiger partial charge in [0.1, 0.15) is 0 Å². The molecule has 62 valence electrons. The van der Waals surface area contributed by atoms with Gasteiger partial charge in [0.05, 0.1) is 15.4 Å². The van der Waals surface area contributed by atoms with Crippen molar-refractivity contribution in [3.05, 3.63) is 28.4 Å². The van der Waals surface area contributed by atoms with Crippen molar-refractivity contribution in [2.24, 2.45) is 0 Å². The van der Waals surface area contributed by atoms with Gasteiger partial charge < -0.3 is 5.73 Å². The Hall–Kier alpha value is -0.800. The van der Waals surface area contributed by atoms with Gasteiger partial charge >= 0.3 is 0 Å². The first-order valence-corrected chi connectivity index (χ1v) is 4.56. The van der Waals surface area contributed by atoms with E-state index in [1.165, 1.54) is 11.3 Å². The van der Waals surface area contributed by atoms with Crippen LogP contribution < -0.4 is 5.73 Å². The van der Waals surface area contributed by atoms with Crippen LogP contribution in [0.5, 0.6) is 0 Å². The van der Waals surface area contributed by atoms with Crippen molar-refractivity contribution in [2.75, 3.05) is 5.73 Å². The van der Waals surface area contributed by atoms with Gasteiger partial charge in [-0.2, -0.15) is 0 Å². The summed E-state index contributed by atoms with van der Waals surface area (Å²) in [6, 6.07) is 3.45. The minimum Gasteiger partial charge on any atom is -0.396 e. The summed E-state index contributed by atoms with van der Waals surface area (Å²) in [4.78, 5) is 0. The maximum absolute atomic E-state index is 13.1. The number of benzene rings is 1. The second kappa shape index (κ2) is 2.61. The third-order valence-corrected chi connectivity index (χ3v) is 3.07. The summed E-state index contributed by atoms with van der Waals surface area (Å²) in [5.74, 6) is -0.522. The Balaban J connectivity index is 2.94. The Bertz CT molecular complexity index is 438. The lowest BCUT2D eigenvalue weighted by Crippen LogP contribution is -1.90. The zero-order valence-electron chi connectivity index (χ0n) is 5.97. The molecule has 0 saturated carbocycles. The number of rotatable bonds is 0. The molecule has 1 nitrogen and oxygen atoms in total. The average molecular weight is 202 g/mol. The van der Waals surface area contributed by atoms with E-state index in [0.29, 0.717) is 0 Å². The van der Waals surface area contributed by atoms with Crippen LogP contribution in [-0.2, 0) is 0 Å². The molecular weight excluding hydrogens is 197 g/mol. The number of nitrogen functional groups attached to an aromatic ring is 1. The van der Waals surface area contributed by atoms with Crippen molar-refractivity contribution in [1.29, 1.82) is 0 Å². The largest absolute Gasteiger partial charge is 0.396 e. The highest BCUT2D eigenvalue weighted by atomic mass is 35.5. The summed E-state index contributed by atoms with van der Waals surface area (Å²) in [5, 5.41) is 2.87. The van der Waals surface area contributed by atoms with E-state index >= 15 is 0 Å². The molecule has 0 amide bonds. The van der Waals surface area contributed by atoms with Gasteiger partial charge in [-0.05, 0) is 22.9 Å². The monoisotopic (exact) mass is 201 g/mol. The molecule has 0 aliphatic carbocycles. The Kier molecular flexibility index (Phi) is 1.70. The van der Waals surface area contributed by atoms with Crippen LogP contribution in [0.25, 0.3) is 10.1 Å². The fraction of sp³-hybridized carbons (Fsp3) is 0. The molecular formula is C8H5ClFNS. The second-order valence-corrected chi connectivity index (χ2v) is 3.73. The summed E-state index contributed by atoms with van der Waals surface area (Å²) >= 11 is 7.14. The molecule has 4 heteroatoms. The van der Waals surface area contributed by atoms with Crippen molar-refractivity contribution in [3.63, 3.8) is 0 Å². The van der Waals surface area contributed by atoms with Gasteiger partial charge in [0, 0.05) is 0 Å². The highest BCUT2D eigenvalue weighted by Crippen LogP contribution is 2.33. The van der Waals surface area contributed by atoms with E-state index in [-0.39, 0.29) is 10.7 Å². The predicted molar refractivity (Wildman–Crippen MR) is 51.2 cm³/mol. The van der Waals surface area contributed by atoms with E-state index in [4.69, 9.17) is 17.3 Å². The lowest BCUT2D eigenvalue weighted by atomic mass is 10.2. The van der Waals surface area contributed by atoms with Crippen molar-refractivity contribution in [2.45, 2.75) is 0 Å². The second-order valence-electron chi connectivity index (χ2n) is 2.43. The molecule has 0 aliphatic rings. The van der Waals surface area contributed by atoms with Crippen LogP contribution in [0.2, 0.25) is 5.02 Å². The van der Waals surface area contributed by atoms with Crippen molar-refractivity contribution in [1.82, 2.24) is 0 Å². The number of fused-ring (bicyclic) bond motifs is 1. The molecule has 12 heavy (non-hydrogen) atoms. The Morgan fingerprint density at radius 3 is 3.00 bits per heavy atom. The van der Waals surface area contributed by atoms with E-state index in [1.807, 2.05) is 11.4 Å². The number of nitrogens with two attached hydrogens (primary N) is 1. The highest BCUT2D eigenvalue weighted by molar-refractivity contribution is 7.17. The van der Waals surface area contributed by atoms with Crippen LogP contribution in [0.15, 0.2) is 17.5 Å². The molecule has 2 aromatic rings. The van der Waals surface area contributed by atoms with Crippen LogP contribution in [0, 0.1) is 5.82 Å². The van der Waals surface area contributed by atoms with E-state index in [2.05, 4.69) is 0 Å². The standard InChI is InChI=1S/C8H5ClFNS/c9-6-7(10)5(11)3-4-1-2-12-8(4)6/h1-3H,11H2. The minimum atomic E-state index is -0.522. The van der Waals surface area contributed by atoms with Crippen LogP contribution in [0.4, 0.5) is 10.1 Å². The lowest BCUT2D eigenvalue weighted by Gasteiger charge is -1.99. The highest BCUT2D eigenvalue weighted by Gasteiger charge is 2.09. The summed E-state index contributed by atoms with van der Waals surface area (Å²) in [6.45, 7) is 0. The van der Waals surface area contributed by atoms with E-state index in [1.54, 1.807) is 6.07 Å². The number of anilines is 1. The molecule has 1 aromatic heterocycles. The fourth-order valence-electron chi connectivity index (χ4n) is 1.07. The maximum atomic E-state index is 13.1. The van der Waals surface area contributed by atoms with E-state index < -0.39 is 5.82 Å². The Morgan fingerprint density at radius 2 is 2.25 bits per heavy atom. The van der Waals surface area contributed by atoms with Gasteiger partial charge in [0.2, 0.25) is 0 Å². The zero-order chi connectivity index (χ0) is 8.72. The predicted octanol–water partition coefficient (Wildman–Crippen LogP) is 3.28. The molecule has 1 aromatic carbocycles. The van der Waals surface area contributed by atoms with Gasteiger partial charge in [-0.25, -0.2) is 4.39 Å². The first kappa shape index (κ1) is 7.83. The molecule has 0 aliphatic heterocycles. The average Bonchev–Trinajstić information content (AvgIpc) is 2.48. The third-order valence-electron chi connectivity index (χ3n) is 1.65. The smallest absolute Gasteiger partial charge is 0.166 e. The normalized spacial score (nSPS) is 10.8. The molecule has 1 heterocycles. The summed E-state index contributed by atoms with van der Waals surface area (Å²) in [7, 11) is 0. The van der Waals surface area contributed by atoms with Crippen molar-refractivity contribution < 1.29 is 4.39 Å². The van der Waals surface area contributed by atoms with Crippen molar-refractivity contribution in [3.8, 4) is 0 Å². The van der Waals surface area contributed by atoms with Gasteiger partial charge in [-0.15, -0.1) is 11.3 Å². The van der Waals surface area contributed by atoms with Gasteiger partial charge in [-0.1, -0.05) is 11.6 Å². The lowest BCUT2D eigenvalue weighted by molar-refractivity contribution is 0.635. The SMILES string of the molecule is Nc1cc2ccsc2c(Cl)c1F. The molecule has 0 fully saturated rings. The molecule has 0 saturated heterocycles. The van der Waals surface area contributed by atoms with E-state index in [0.717, 1.165) is 10.1 Å². The first-order valence-electron chi connectivity index (χ1n) is 3.31. The van der Waals surface area contributed by atoms with Crippen LogP contribution in [0.3, 0.4) is 0 Å². The summed E-state index contributed by atoms with van der Waals surface area (Å²) in [5.41, 5.74) is 5.49. The minimum absolute atomic E-state index is 0.103. The first-order chi connectivity index (χ1) is 5.70. The number of hydrogen-bond acceptors (Lipinski definition) is 2. The van der Waals surface area contributed by atoms with Gasteiger partial charge in [-0.3, -0.25) is 0 Å². The molecule has 2 N–H and O–H groups in total. The molecule has 0 spiro atoms. The van der Waals surface area contributed by atoms with Crippen LogP contribution in [-0.4, -0.2) is 0 Å². The Labute approximate surface area is 77.6 Å². The summed E-state index contributed by atoms with van der Waals surface area (Å²) < 4.78 is 13.8. The topological polar surface area (TPSA) is 26.0 Å². The number of hydrogen-bond donors (Lipinski definition) is 1. The summed E-state index contributed by atoms with van der Waals surface area (Å²) in [6.07, 6.45) is 0. The zero-order valence-corrected chi connectivity index (χ0v) is 7.55. The van der Waals surface area contributed by atoms with E-state index in [9.17, 15) is 4.39 Å². The van der Waals surface area contributed by atoms with Crippen LogP contribution in [0.1, 0.15) is 0 Å². The number of halogens is 2. The molecule has 0 radical (unpaired) electrons. The third kappa shape index (κ3) is 0.974. The molecule has 0 unspecified atom stereocenters. The Morgan fingerprint density at radius 1 is 1.50 bits per heavy atom. The fourth-order valence-corrected chi connectivity index (χ4v) is 2.23. The molecule has 0 bridgehead atoms. The molecule has 0 atom stereocenters. The number of thiophene rings is 1. The molecule has 2 rings (SSSR count).